The number of furan rings is 1. The average molecular weight is 348 g/mol. The molecule has 25 heavy (non-hydrogen) atoms. The van der Waals surface area contributed by atoms with Crippen molar-refractivity contribution in [2.75, 3.05) is 26.2 Å². The lowest BCUT2D eigenvalue weighted by molar-refractivity contribution is 0.0343. The fourth-order valence-corrected chi connectivity index (χ4v) is 4.47. The van der Waals surface area contributed by atoms with Crippen LogP contribution in [0.4, 0.5) is 4.79 Å². The number of hydrogen-bond acceptors (Lipinski definition) is 3. The SMILES string of the molecule is CCN(Cc1ccoc1)C(=O)NCC1(N2CCCCC2)CCCCC1. The van der Waals surface area contributed by atoms with Crippen LogP contribution >= 0.6 is 0 Å². The van der Waals surface area contributed by atoms with Gasteiger partial charge in [-0.15, -0.1) is 0 Å². The number of carbonyl (C=O) groups excluding carboxylic acids is 1. The second kappa shape index (κ2) is 8.75. The van der Waals surface area contributed by atoms with Crippen molar-refractivity contribution in [2.24, 2.45) is 0 Å². The number of rotatable bonds is 6. The standard InChI is InChI=1S/C20H33N3O2/c1-2-22(15-18-9-14-25-16-18)19(24)21-17-20(10-5-3-6-11-20)23-12-7-4-8-13-23/h9,14,16H,2-8,10-13,15,17H2,1H3,(H,21,24). The zero-order valence-corrected chi connectivity index (χ0v) is 15.6. The van der Waals surface area contributed by atoms with E-state index in [0.717, 1.165) is 12.1 Å². The van der Waals surface area contributed by atoms with Crippen LogP contribution in [-0.4, -0.2) is 47.5 Å². The Bertz CT molecular complexity index is 517. The Hall–Kier alpha value is -1.49. The Morgan fingerprint density at radius 2 is 1.92 bits per heavy atom. The smallest absolute Gasteiger partial charge is 0.317 e. The van der Waals surface area contributed by atoms with E-state index < -0.39 is 0 Å². The van der Waals surface area contributed by atoms with Crippen molar-refractivity contribution in [1.29, 1.82) is 0 Å². The number of likely N-dealkylation sites (tertiary alicyclic amines) is 1. The number of hydrogen-bond donors (Lipinski definition) is 1. The van der Waals surface area contributed by atoms with E-state index in [-0.39, 0.29) is 11.6 Å². The fraction of sp³-hybridized carbons (Fsp3) is 0.750. The van der Waals surface area contributed by atoms with E-state index in [0.29, 0.717) is 13.1 Å². The van der Waals surface area contributed by atoms with E-state index in [9.17, 15) is 4.79 Å². The number of piperidine rings is 1. The van der Waals surface area contributed by atoms with Gasteiger partial charge in [0.25, 0.3) is 0 Å². The second-order valence-corrected chi connectivity index (χ2v) is 7.64. The van der Waals surface area contributed by atoms with E-state index >= 15 is 0 Å². The molecule has 3 rings (SSSR count). The molecule has 1 aromatic heterocycles. The fourth-order valence-electron chi connectivity index (χ4n) is 4.47. The van der Waals surface area contributed by atoms with Crippen LogP contribution in [0.25, 0.3) is 0 Å². The quantitative estimate of drug-likeness (QED) is 0.846. The average Bonchev–Trinajstić information content (AvgIpc) is 3.19. The number of carbonyl (C=O) groups is 1. The molecule has 0 bridgehead atoms. The molecule has 1 aromatic rings. The normalized spacial score (nSPS) is 21.0. The molecule has 2 amide bonds. The van der Waals surface area contributed by atoms with Crippen molar-refractivity contribution >= 4 is 6.03 Å². The number of urea groups is 1. The topological polar surface area (TPSA) is 48.7 Å². The van der Waals surface area contributed by atoms with Crippen LogP contribution < -0.4 is 5.32 Å². The third-order valence-corrected chi connectivity index (χ3v) is 6.00. The molecule has 1 aliphatic heterocycles. The van der Waals surface area contributed by atoms with E-state index in [2.05, 4.69) is 10.2 Å². The summed E-state index contributed by atoms with van der Waals surface area (Å²) in [6.45, 7) is 6.52. The minimum absolute atomic E-state index is 0.0469. The number of amides is 2. The van der Waals surface area contributed by atoms with Crippen LogP contribution in [0.3, 0.4) is 0 Å². The summed E-state index contributed by atoms with van der Waals surface area (Å²) in [5, 5.41) is 3.27. The molecule has 5 nitrogen and oxygen atoms in total. The summed E-state index contributed by atoms with van der Waals surface area (Å²) in [5.74, 6) is 0. The maximum absolute atomic E-state index is 12.7. The molecule has 1 N–H and O–H groups in total. The molecule has 2 heterocycles. The molecule has 1 saturated heterocycles. The van der Waals surface area contributed by atoms with E-state index in [1.165, 1.54) is 64.5 Å². The van der Waals surface area contributed by atoms with Gasteiger partial charge in [0.1, 0.15) is 0 Å². The predicted octanol–water partition coefficient (Wildman–Crippen LogP) is 4.00. The van der Waals surface area contributed by atoms with Gasteiger partial charge in [-0.05, 0) is 51.8 Å². The molecule has 140 valence electrons. The monoisotopic (exact) mass is 347 g/mol. The van der Waals surface area contributed by atoms with Gasteiger partial charge in [0.15, 0.2) is 0 Å². The van der Waals surface area contributed by atoms with Crippen LogP contribution in [0.15, 0.2) is 23.0 Å². The highest BCUT2D eigenvalue weighted by molar-refractivity contribution is 5.74. The summed E-state index contributed by atoms with van der Waals surface area (Å²) in [7, 11) is 0. The van der Waals surface area contributed by atoms with Crippen molar-refractivity contribution in [3.8, 4) is 0 Å². The summed E-state index contributed by atoms with van der Waals surface area (Å²) in [5.41, 5.74) is 1.23. The van der Waals surface area contributed by atoms with E-state index in [1.54, 1.807) is 12.5 Å². The highest BCUT2D eigenvalue weighted by Crippen LogP contribution is 2.35. The van der Waals surface area contributed by atoms with Gasteiger partial charge in [0.05, 0.1) is 19.1 Å². The zero-order valence-electron chi connectivity index (χ0n) is 15.6. The molecular weight excluding hydrogens is 314 g/mol. The molecule has 1 aliphatic carbocycles. The third kappa shape index (κ3) is 4.57. The Balaban J connectivity index is 1.60. The van der Waals surface area contributed by atoms with Crippen LogP contribution in [0.5, 0.6) is 0 Å². The molecule has 2 fully saturated rings. The molecule has 0 spiro atoms. The first-order valence-electron chi connectivity index (χ1n) is 10.0. The predicted molar refractivity (Wildman–Crippen MR) is 99.4 cm³/mol. The number of nitrogens with zero attached hydrogens (tertiary/aromatic N) is 2. The third-order valence-electron chi connectivity index (χ3n) is 6.00. The van der Waals surface area contributed by atoms with Crippen LogP contribution in [0, 0.1) is 0 Å². The molecule has 0 unspecified atom stereocenters. The van der Waals surface area contributed by atoms with Gasteiger partial charge in [0.2, 0.25) is 0 Å². The zero-order chi connectivity index (χ0) is 17.5. The lowest BCUT2D eigenvalue weighted by Gasteiger charge is -2.48. The van der Waals surface area contributed by atoms with Gasteiger partial charge in [-0.2, -0.15) is 0 Å². The van der Waals surface area contributed by atoms with Crippen LogP contribution in [0.1, 0.15) is 63.9 Å². The Morgan fingerprint density at radius 3 is 2.56 bits per heavy atom. The molecule has 0 radical (unpaired) electrons. The van der Waals surface area contributed by atoms with Gasteiger partial charge in [-0.1, -0.05) is 25.7 Å². The van der Waals surface area contributed by atoms with Gasteiger partial charge in [-0.25, -0.2) is 4.79 Å². The van der Waals surface area contributed by atoms with Crippen molar-refractivity contribution < 1.29 is 9.21 Å². The lowest BCUT2D eigenvalue weighted by atomic mass is 9.79. The van der Waals surface area contributed by atoms with Gasteiger partial charge in [0, 0.05) is 24.2 Å². The molecule has 0 aromatic carbocycles. The summed E-state index contributed by atoms with van der Waals surface area (Å²) < 4.78 is 5.13. The summed E-state index contributed by atoms with van der Waals surface area (Å²) in [4.78, 5) is 17.3. The minimum Gasteiger partial charge on any atom is -0.472 e. The summed E-state index contributed by atoms with van der Waals surface area (Å²) in [6, 6.07) is 1.97. The van der Waals surface area contributed by atoms with Gasteiger partial charge < -0.3 is 14.6 Å². The number of nitrogens with one attached hydrogen (secondary N) is 1. The molecule has 1 saturated carbocycles. The van der Waals surface area contributed by atoms with Gasteiger partial charge >= 0.3 is 6.03 Å². The first-order valence-corrected chi connectivity index (χ1v) is 10.0. The van der Waals surface area contributed by atoms with Crippen molar-refractivity contribution in [2.45, 2.75) is 70.4 Å². The molecule has 5 heteroatoms. The molecule has 0 atom stereocenters. The van der Waals surface area contributed by atoms with Crippen molar-refractivity contribution in [3.05, 3.63) is 24.2 Å². The Kier molecular flexibility index (Phi) is 6.40. The highest BCUT2D eigenvalue weighted by Gasteiger charge is 2.38. The van der Waals surface area contributed by atoms with Gasteiger partial charge in [-0.3, -0.25) is 4.90 Å². The second-order valence-electron chi connectivity index (χ2n) is 7.64. The lowest BCUT2D eigenvalue weighted by Crippen LogP contribution is -2.59. The van der Waals surface area contributed by atoms with Crippen LogP contribution in [0.2, 0.25) is 0 Å². The Morgan fingerprint density at radius 1 is 1.20 bits per heavy atom. The van der Waals surface area contributed by atoms with E-state index in [4.69, 9.17) is 4.42 Å². The van der Waals surface area contributed by atoms with Crippen molar-refractivity contribution in [1.82, 2.24) is 15.1 Å². The minimum atomic E-state index is 0.0469. The van der Waals surface area contributed by atoms with E-state index in [1.807, 2.05) is 17.9 Å². The Labute approximate surface area is 151 Å². The van der Waals surface area contributed by atoms with Crippen molar-refractivity contribution in [3.63, 3.8) is 0 Å². The summed E-state index contributed by atoms with van der Waals surface area (Å²) >= 11 is 0. The summed E-state index contributed by atoms with van der Waals surface area (Å²) in [6.07, 6.45) is 13.7. The largest absolute Gasteiger partial charge is 0.472 e. The maximum Gasteiger partial charge on any atom is 0.317 e. The molecular formula is C20H33N3O2. The molecule has 2 aliphatic rings. The first-order chi connectivity index (χ1) is 12.2. The highest BCUT2D eigenvalue weighted by atomic mass is 16.3. The maximum atomic E-state index is 12.7. The van der Waals surface area contributed by atoms with Crippen LogP contribution in [-0.2, 0) is 6.54 Å². The first kappa shape index (κ1) is 18.3.